The summed E-state index contributed by atoms with van der Waals surface area (Å²) in [5, 5.41) is 5.44. The summed E-state index contributed by atoms with van der Waals surface area (Å²) in [4.78, 5) is 83.6. The number of hydrogen-bond donors (Lipinski definition) is 2. The van der Waals surface area contributed by atoms with E-state index in [0.29, 0.717) is 63.3 Å². The summed E-state index contributed by atoms with van der Waals surface area (Å²) in [5.41, 5.74) is 9.66. The van der Waals surface area contributed by atoms with Crippen molar-refractivity contribution in [2.45, 2.75) is 104 Å². The van der Waals surface area contributed by atoms with Crippen LogP contribution in [-0.2, 0) is 48.0 Å². The van der Waals surface area contributed by atoms with Gasteiger partial charge in [0, 0.05) is 88.9 Å². The van der Waals surface area contributed by atoms with Crippen molar-refractivity contribution in [2.75, 3.05) is 54.2 Å². The number of carbonyl (C=O) groups excluding carboxylic acids is 5. The van der Waals surface area contributed by atoms with E-state index in [1.165, 1.54) is 26.8 Å². The quantitative estimate of drug-likeness (QED) is 0.186. The molecule has 358 valence electrons. The SMILES string of the molecule is CCn1c(-c2cccnc2[C@H](C)OC)c2c3cc(ccc31)-c1cccc(n1)C[C@H](NC(=O)[C@H](C(C)C)N(C)C(=O)N1CCCN(C(=O)OC)C1)C(=O)N1CCC[C@H](N1)C(=O)OCC(C)(C)C2.[HH].[HH]. The van der Waals surface area contributed by atoms with Crippen LogP contribution in [-0.4, -0.2) is 136 Å². The molecule has 6 heterocycles. The van der Waals surface area contributed by atoms with Crippen LogP contribution in [0.1, 0.15) is 86.7 Å². The molecule has 17 heteroatoms. The Morgan fingerprint density at radius 2 is 1.80 bits per heavy atom. The molecule has 3 aromatic heterocycles. The van der Waals surface area contributed by atoms with Crippen molar-refractivity contribution in [3.8, 4) is 22.5 Å². The summed E-state index contributed by atoms with van der Waals surface area (Å²) in [7, 11) is 4.53. The summed E-state index contributed by atoms with van der Waals surface area (Å²) in [6, 6.07) is 12.7. The number of likely N-dealkylation sites (N-methyl/N-ethyl adjacent to an activating group) is 1. The Kier molecular flexibility index (Phi) is 14.7. The van der Waals surface area contributed by atoms with Crippen LogP contribution >= 0.6 is 0 Å². The van der Waals surface area contributed by atoms with Crippen molar-refractivity contribution in [3.05, 3.63) is 71.7 Å². The molecule has 3 aliphatic heterocycles. The van der Waals surface area contributed by atoms with Gasteiger partial charge < -0.3 is 33.9 Å². The summed E-state index contributed by atoms with van der Waals surface area (Å²) in [6.07, 6.45) is 3.09. The van der Waals surface area contributed by atoms with E-state index in [-0.39, 0.29) is 34.6 Å². The number of ether oxygens (including phenoxy) is 3. The lowest BCUT2D eigenvalue weighted by Crippen LogP contribution is -2.63. The molecule has 6 bridgehead atoms. The topological polar surface area (TPSA) is 181 Å². The Bertz CT molecular complexity index is 2470. The zero-order valence-electron chi connectivity index (χ0n) is 39.8. The number of nitrogens with zero attached hydrogens (tertiary/aromatic N) is 7. The van der Waals surface area contributed by atoms with Gasteiger partial charge in [0.05, 0.1) is 36.9 Å². The van der Waals surface area contributed by atoms with Gasteiger partial charge >= 0.3 is 18.1 Å². The number of carbonyl (C=O) groups is 5. The van der Waals surface area contributed by atoms with Crippen LogP contribution in [0.5, 0.6) is 0 Å². The number of rotatable bonds is 8. The average molecular weight is 912 g/mol. The number of urea groups is 1. The smallest absolute Gasteiger partial charge is 0.410 e. The molecule has 7 rings (SSSR count). The van der Waals surface area contributed by atoms with E-state index in [9.17, 15) is 24.0 Å². The molecule has 66 heavy (non-hydrogen) atoms. The minimum atomic E-state index is -1.13. The van der Waals surface area contributed by atoms with Crippen LogP contribution in [0.3, 0.4) is 0 Å². The van der Waals surface area contributed by atoms with Crippen LogP contribution < -0.4 is 10.7 Å². The van der Waals surface area contributed by atoms with Gasteiger partial charge in [0.25, 0.3) is 5.91 Å². The average Bonchev–Trinajstić information content (AvgIpc) is 3.62. The van der Waals surface area contributed by atoms with Crippen LogP contribution in [0.25, 0.3) is 33.4 Å². The summed E-state index contributed by atoms with van der Waals surface area (Å²) in [6.45, 7) is 13.9. The van der Waals surface area contributed by atoms with E-state index < -0.39 is 53.4 Å². The maximum absolute atomic E-state index is 14.7. The number of aryl methyl sites for hydroxylation is 1. The molecule has 0 saturated carbocycles. The third-order valence-corrected chi connectivity index (χ3v) is 13.0. The van der Waals surface area contributed by atoms with Crippen molar-refractivity contribution in [2.24, 2.45) is 11.3 Å². The van der Waals surface area contributed by atoms with Crippen LogP contribution in [0.15, 0.2) is 54.7 Å². The molecular weight excluding hydrogens is 843 g/mol. The van der Waals surface area contributed by atoms with Crippen molar-refractivity contribution in [1.82, 2.24) is 45.0 Å². The van der Waals surface area contributed by atoms with Gasteiger partial charge in [0.15, 0.2) is 0 Å². The van der Waals surface area contributed by atoms with Crippen LogP contribution in [0.2, 0.25) is 0 Å². The maximum Gasteiger partial charge on any atom is 0.410 e. The maximum atomic E-state index is 14.7. The molecule has 0 spiro atoms. The highest BCUT2D eigenvalue weighted by Crippen LogP contribution is 2.42. The third-order valence-electron chi connectivity index (χ3n) is 13.0. The number of fused-ring (bicyclic) bond motifs is 6. The lowest BCUT2D eigenvalue weighted by Gasteiger charge is -2.40. The van der Waals surface area contributed by atoms with E-state index in [2.05, 4.69) is 60.3 Å². The molecule has 4 aromatic rings. The van der Waals surface area contributed by atoms with Gasteiger partial charge in [-0.25, -0.2) is 15.0 Å². The molecular formula is C49H69N9O8. The third kappa shape index (κ3) is 10.0. The van der Waals surface area contributed by atoms with Crippen LogP contribution in [0, 0.1) is 11.3 Å². The van der Waals surface area contributed by atoms with Crippen molar-refractivity contribution >= 4 is 40.8 Å². The Hall–Kier alpha value is -6.07. The summed E-state index contributed by atoms with van der Waals surface area (Å²) < 4.78 is 19.1. The van der Waals surface area contributed by atoms with E-state index in [4.69, 9.17) is 24.2 Å². The van der Waals surface area contributed by atoms with E-state index in [1.807, 2.05) is 45.0 Å². The standard InChI is InChI=1S/C49H65N9O8.2H2/c1-10-57-40-20-19-32-25-35(40)36(43(57)34-16-12-21-50-41(34)31(4)64-8)27-49(5,6)28-66-46(61)38-18-13-24-58(53-38)45(60)39(26-33-15-11-17-37(32)51-33)52-44(59)42(30(2)3)54(7)47(62)55-22-14-23-56(29-55)48(63)65-9;;/h11-12,15-17,19-21,25,30-31,38-39,42,53H,10,13-14,18,22-24,26-29H2,1-9H3,(H,52,59);2*1H/t31-,38-,39-,42-;;/m0../s1. The fourth-order valence-electron chi connectivity index (χ4n) is 9.57. The first kappa shape index (κ1) is 47.9. The molecule has 0 aliphatic carbocycles. The first-order valence-corrected chi connectivity index (χ1v) is 23.0. The van der Waals surface area contributed by atoms with Gasteiger partial charge in [0.1, 0.15) is 24.8 Å². The molecule has 0 unspecified atom stereocenters. The Morgan fingerprint density at radius 1 is 1.03 bits per heavy atom. The van der Waals surface area contributed by atoms with Gasteiger partial charge in [-0.1, -0.05) is 39.8 Å². The van der Waals surface area contributed by atoms with E-state index >= 15 is 0 Å². The number of hydrazine groups is 1. The predicted molar refractivity (Wildman–Crippen MR) is 253 cm³/mol. The van der Waals surface area contributed by atoms with Crippen molar-refractivity contribution in [3.63, 3.8) is 0 Å². The molecule has 4 atom stereocenters. The largest absolute Gasteiger partial charge is 0.464 e. The highest BCUT2D eigenvalue weighted by molar-refractivity contribution is 5.95. The predicted octanol–water partition coefficient (Wildman–Crippen LogP) is 6.44. The molecule has 1 aromatic carbocycles. The second-order valence-corrected chi connectivity index (χ2v) is 18.7. The zero-order valence-corrected chi connectivity index (χ0v) is 39.8. The number of aromatic nitrogens is 3. The Morgan fingerprint density at radius 3 is 2.53 bits per heavy atom. The second-order valence-electron chi connectivity index (χ2n) is 18.7. The summed E-state index contributed by atoms with van der Waals surface area (Å²) >= 11 is 0. The van der Waals surface area contributed by atoms with Crippen LogP contribution in [0.4, 0.5) is 9.59 Å². The number of hydrogen-bond acceptors (Lipinski definition) is 11. The van der Waals surface area contributed by atoms with Crippen molar-refractivity contribution < 1.29 is 41.0 Å². The molecule has 2 saturated heterocycles. The number of amides is 5. The van der Waals surface area contributed by atoms with Gasteiger partial charge in [0.2, 0.25) is 5.91 Å². The van der Waals surface area contributed by atoms with Gasteiger partial charge in [-0.3, -0.25) is 34.3 Å². The monoisotopic (exact) mass is 912 g/mol. The number of methoxy groups -OCH3 is 2. The molecule has 5 amide bonds. The van der Waals surface area contributed by atoms with E-state index in [1.54, 1.807) is 20.4 Å². The summed E-state index contributed by atoms with van der Waals surface area (Å²) in [5.74, 6) is -1.81. The number of pyridine rings is 2. The normalized spacial score (nSPS) is 20.1. The molecule has 17 nitrogen and oxygen atoms in total. The highest BCUT2D eigenvalue weighted by Gasteiger charge is 2.39. The van der Waals surface area contributed by atoms with Gasteiger partial charge in [-0.05, 0) is 87.4 Å². The first-order chi connectivity index (χ1) is 31.5. The van der Waals surface area contributed by atoms with Gasteiger partial charge in [-0.15, -0.1) is 0 Å². The molecule has 2 fully saturated rings. The van der Waals surface area contributed by atoms with E-state index in [0.717, 1.165) is 39.0 Å². The number of esters is 1. The number of benzene rings is 1. The van der Waals surface area contributed by atoms with Crippen molar-refractivity contribution in [1.29, 1.82) is 0 Å². The second kappa shape index (κ2) is 20.2. The fourth-order valence-corrected chi connectivity index (χ4v) is 9.57. The molecule has 2 N–H and O–H groups in total. The Balaban J connectivity index is 0.00000432. The van der Waals surface area contributed by atoms with Gasteiger partial charge in [-0.2, -0.15) is 0 Å². The Labute approximate surface area is 390 Å². The minimum absolute atomic E-state index is 0. The number of cyclic esters (lactones) is 1. The lowest BCUT2D eigenvalue weighted by atomic mass is 9.84. The highest BCUT2D eigenvalue weighted by atomic mass is 16.5. The fraction of sp³-hybridized carbons (Fsp3) is 0.531. The molecule has 3 aliphatic rings. The first-order valence-electron chi connectivity index (χ1n) is 23.0. The molecule has 0 radical (unpaired) electrons. The zero-order chi connectivity index (χ0) is 47.4. The minimum Gasteiger partial charge on any atom is -0.464 e. The number of nitrogens with one attached hydrogen (secondary N) is 2. The lowest BCUT2D eigenvalue weighted by molar-refractivity contribution is -0.155.